The van der Waals surface area contributed by atoms with E-state index in [1.54, 1.807) is 4.90 Å². The van der Waals surface area contributed by atoms with Gasteiger partial charge in [-0.2, -0.15) is 0 Å². The lowest BCUT2D eigenvalue weighted by Crippen LogP contribution is -2.34. The number of rotatable bonds is 5. The van der Waals surface area contributed by atoms with Crippen molar-refractivity contribution in [2.75, 3.05) is 18.0 Å². The molecule has 1 unspecified atom stereocenters. The molecule has 1 aliphatic rings. The van der Waals surface area contributed by atoms with Gasteiger partial charge in [-0.25, -0.2) is 9.69 Å². The van der Waals surface area contributed by atoms with Crippen LogP contribution in [0.15, 0.2) is 0 Å². The van der Waals surface area contributed by atoms with Crippen LogP contribution in [0.1, 0.15) is 45.5 Å². The van der Waals surface area contributed by atoms with Gasteiger partial charge in [-0.3, -0.25) is 0 Å². The lowest BCUT2D eigenvalue weighted by molar-refractivity contribution is 0.178. The molecule has 2 heterocycles. The average molecular weight is 298 g/mol. The van der Waals surface area contributed by atoms with E-state index in [-0.39, 0.29) is 11.4 Å². The molecule has 0 spiro atoms. The van der Waals surface area contributed by atoms with Gasteiger partial charge in [-0.05, 0) is 19.8 Å². The van der Waals surface area contributed by atoms with E-state index in [0.29, 0.717) is 18.2 Å². The first kappa shape index (κ1) is 15.2. The number of hydrogen-bond donors (Lipinski definition) is 1. The van der Waals surface area contributed by atoms with Crippen LogP contribution in [-0.2, 0) is 5.41 Å². The third-order valence-corrected chi connectivity index (χ3v) is 5.47. The number of β-amino-alcohol motifs (C(OH)–C–C–N with tert-alkyl or cyclic N) is 1. The minimum atomic E-state index is -0.835. The van der Waals surface area contributed by atoms with Gasteiger partial charge >= 0.3 is 6.03 Å². The summed E-state index contributed by atoms with van der Waals surface area (Å²) in [6, 6.07) is -0.197. The first-order valence-electron chi connectivity index (χ1n) is 7.07. The molecule has 1 N–H and O–H groups in total. The number of carbonyl (C=O) groups excluding carboxylic acids is 1. The van der Waals surface area contributed by atoms with E-state index in [4.69, 9.17) is 0 Å². The maximum Gasteiger partial charge on any atom is 0.328 e. The molecule has 2 rings (SSSR count). The van der Waals surface area contributed by atoms with Crippen molar-refractivity contribution in [2.24, 2.45) is 0 Å². The highest BCUT2D eigenvalue weighted by Crippen LogP contribution is 2.36. The van der Waals surface area contributed by atoms with Crippen molar-refractivity contribution in [3.63, 3.8) is 0 Å². The van der Waals surface area contributed by atoms with Crippen molar-refractivity contribution in [3.8, 4) is 0 Å². The Labute approximate surface area is 123 Å². The van der Waals surface area contributed by atoms with Crippen LogP contribution < -0.4 is 4.90 Å². The Balaban J connectivity index is 2.27. The van der Waals surface area contributed by atoms with Gasteiger partial charge in [0.25, 0.3) is 0 Å². The number of aliphatic hydroxyl groups excluding tert-OH is 1. The van der Waals surface area contributed by atoms with Gasteiger partial charge in [0.15, 0.2) is 6.23 Å². The summed E-state index contributed by atoms with van der Waals surface area (Å²) < 4.78 is 0. The van der Waals surface area contributed by atoms with Gasteiger partial charge in [0.1, 0.15) is 5.01 Å². The second-order valence-corrected chi connectivity index (χ2v) is 6.29. The monoisotopic (exact) mass is 298 g/mol. The van der Waals surface area contributed by atoms with Crippen LogP contribution >= 0.6 is 11.3 Å². The third-order valence-electron chi connectivity index (χ3n) is 4.24. The third kappa shape index (κ3) is 2.40. The molecule has 0 aliphatic carbocycles. The summed E-state index contributed by atoms with van der Waals surface area (Å²) >= 11 is 1.40. The van der Waals surface area contributed by atoms with Crippen molar-refractivity contribution >= 4 is 22.5 Å². The van der Waals surface area contributed by atoms with Gasteiger partial charge in [-0.15, -0.1) is 10.2 Å². The highest BCUT2D eigenvalue weighted by molar-refractivity contribution is 7.15. The summed E-state index contributed by atoms with van der Waals surface area (Å²) in [6.45, 7) is 9.20. The number of aliphatic hydroxyl groups is 1. The Morgan fingerprint density at radius 3 is 2.50 bits per heavy atom. The Morgan fingerprint density at radius 1 is 1.35 bits per heavy atom. The normalized spacial score (nSPS) is 20.1. The van der Waals surface area contributed by atoms with Gasteiger partial charge in [0, 0.05) is 12.0 Å². The quantitative estimate of drug-likeness (QED) is 0.904. The molecule has 1 aromatic heterocycles. The Hall–Kier alpha value is -1.21. The highest BCUT2D eigenvalue weighted by Gasteiger charge is 2.39. The smallest absolute Gasteiger partial charge is 0.328 e. The van der Waals surface area contributed by atoms with Crippen molar-refractivity contribution in [1.29, 1.82) is 0 Å². The minimum Gasteiger partial charge on any atom is -0.371 e. The largest absolute Gasteiger partial charge is 0.371 e. The van der Waals surface area contributed by atoms with Crippen LogP contribution in [0.2, 0.25) is 0 Å². The van der Waals surface area contributed by atoms with Gasteiger partial charge in [-0.1, -0.05) is 32.1 Å². The lowest BCUT2D eigenvalue weighted by Gasteiger charge is -2.22. The average Bonchev–Trinajstić information content (AvgIpc) is 3.03. The van der Waals surface area contributed by atoms with Crippen LogP contribution in [0.25, 0.3) is 0 Å². The maximum atomic E-state index is 12.2. The molecular formula is C13H22N4O2S. The second kappa shape index (κ2) is 5.65. The Morgan fingerprint density at radius 2 is 2.00 bits per heavy atom. The summed E-state index contributed by atoms with van der Waals surface area (Å²) in [6.07, 6.45) is 1.10. The molecular weight excluding hydrogens is 276 g/mol. The van der Waals surface area contributed by atoms with Crippen molar-refractivity contribution in [2.45, 2.75) is 52.2 Å². The van der Waals surface area contributed by atoms with Crippen LogP contribution in [0.5, 0.6) is 0 Å². The topological polar surface area (TPSA) is 69.6 Å². The predicted octanol–water partition coefficient (Wildman–Crippen LogP) is 2.20. The van der Waals surface area contributed by atoms with E-state index < -0.39 is 6.23 Å². The number of hydrogen-bond acceptors (Lipinski definition) is 5. The fraction of sp³-hybridized carbons (Fsp3) is 0.769. The summed E-state index contributed by atoms with van der Waals surface area (Å²) in [5.41, 5.74) is -0.0198. The zero-order chi connectivity index (χ0) is 14.9. The van der Waals surface area contributed by atoms with E-state index in [1.807, 2.05) is 6.92 Å². The molecule has 0 bridgehead atoms. The van der Waals surface area contributed by atoms with Crippen molar-refractivity contribution in [1.82, 2.24) is 15.1 Å². The SMILES string of the molecule is CCN1CC(O)N(c2nnc(C(C)(CC)CC)s2)C1=O. The molecule has 20 heavy (non-hydrogen) atoms. The molecule has 7 heteroatoms. The number of likely N-dealkylation sites (N-methyl/N-ethyl adjacent to an activating group) is 1. The fourth-order valence-corrected chi connectivity index (χ4v) is 3.39. The lowest BCUT2D eigenvalue weighted by atomic mass is 9.86. The molecule has 1 saturated heterocycles. The number of nitrogens with zero attached hydrogens (tertiary/aromatic N) is 4. The van der Waals surface area contributed by atoms with E-state index in [0.717, 1.165) is 17.8 Å². The Kier molecular flexibility index (Phi) is 4.29. The predicted molar refractivity (Wildman–Crippen MR) is 79.0 cm³/mol. The zero-order valence-corrected chi connectivity index (χ0v) is 13.3. The van der Waals surface area contributed by atoms with E-state index in [2.05, 4.69) is 31.0 Å². The maximum absolute atomic E-state index is 12.2. The molecule has 1 aliphatic heterocycles. The number of anilines is 1. The van der Waals surface area contributed by atoms with E-state index >= 15 is 0 Å². The first-order chi connectivity index (χ1) is 9.46. The zero-order valence-electron chi connectivity index (χ0n) is 12.5. The summed E-state index contributed by atoms with van der Waals surface area (Å²) in [5.74, 6) is 0. The number of amides is 2. The highest BCUT2D eigenvalue weighted by atomic mass is 32.1. The van der Waals surface area contributed by atoms with Crippen LogP contribution in [-0.4, -0.2) is 45.6 Å². The molecule has 1 atom stereocenters. The molecule has 112 valence electrons. The Bertz CT molecular complexity index is 486. The molecule has 0 radical (unpaired) electrons. The molecule has 6 nitrogen and oxygen atoms in total. The van der Waals surface area contributed by atoms with Gasteiger partial charge in [0.05, 0.1) is 6.54 Å². The number of carbonyl (C=O) groups is 1. The van der Waals surface area contributed by atoms with Crippen LogP contribution in [0, 0.1) is 0 Å². The van der Waals surface area contributed by atoms with Gasteiger partial charge in [0.2, 0.25) is 5.13 Å². The van der Waals surface area contributed by atoms with Crippen molar-refractivity contribution < 1.29 is 9.90 Å². The van der Waals surface area contributed by atoms with Crippen molar-refractivity contribution in [3.05, 3.63) is 5.01 Å². The molecule has 1 fully saturated rings. The molecule has 1 aromatic rings. The second-order valence-electron chi connectivity index (χ2n) is 5.33. The summed E-state index contributed by atoms with van der Waals surface area (Å²) in [5, 5.41) is 19.8. The standard InChI is InChI=1S/C13H22N4O2S/c1-5-13(4,6-2)10-14-15-11(20-10)17-9(18)8-16(7-3)12(17)19/h9,18H,5-8H2,1-4H3. The first-order valence-corrected chi connectivity index (χ1v) is 7.88. The van der Waals surface area contributed by atoms with Gasteiger partial charge < -0.3 is 10.0 Å². The van der Waals surface area contributed by atoms with Crippen LogP contribution in [0.4, 0.5) is 9.93 Å². The molecule has 2 amide bonds. The van der Waals surface area contributed by atoms with E-state index in [1.165, 1.54) is 16.2 Å². The summed E-state index contributed by atoms with van der Waals surface area (Å²) in [4.78, 5) is 15.1. The molecule has 0 aromatic carbocycles. The fourth-order valence-electron chi connectivity index (χ4n) is 2.22. The number of urea groups is 1. The number of aromatic nitrogens is 2. The van der Waals surface area contributed by atoms with Crippen LogP contribution in [0.3, 0.4) is 0 Å². The summed E-state index contributed by atoms with van der Waals surface area (Å²) in [7, 11) is 0. The van der Waals surface area contributed by atoms with E-state index in [9.17, 15) is 9.90 Å². The molecule has 0 saturated carbocycles. The minimum absolute atomic E-state index is 0.0198.